The topological polar surface area (TPSA) is 97.6 Å². The first-order valence-corrected chi connectivity index (χ1v) is 7.05. The van der Waals surface area contributed by atoms with E-state index in [1.54, 1.807) is 30.2 Å². The van der Waals surface area contributed by atoms with E-state index in [9.17, 15) is 9.59 Å². The molecule has 0 atom stereocenters. The minimum atomic E-state index is -0.505. The first-order valence-electron chi connectivity index (χ1n) is 7.05. The van der Waals surface area contributed by atoms with E-state index in [0.29, 0.717) is 31.1 Å². The van der Waals surface area contributed by atoms with Crippen LogP contribution >= 0.6 is 0 Å². The first kappa shape index (κ1) is 15.1. The summed E-state index contributed by atoms with van der Waals surface area (Å²) >= 11 is 0. The molecule has 0 bridgehead atoms. The van der Waals surface area contributed by atoms with E-state index in [1.165, 1.54) is 0 Å². The molecule has 1 saturated heterocycles. The van der Waals surface area contributed by atoms with E-state index in [1.807, 2.05) is 0 Å². The van der Waals surface area contributed by atoms with Gasteiger partial charge in [-0.1, -0.05) is 0 Å². The third-order valence-electron chi connectivity index (χ3n) is 3.43. The minimum Gasteiger partial charge on any atom is -0.450 e. The van der Waals surface area contributed by atoms with Crippen LogP contribution in [0.15, 0.2) is 18.3 Å². The van der Waals surface area contributed by atoms with E-state index in [2.05, 4.69) is 10.3 Å². The minimum absolute atomic E-state index is 0.156. The van der Waals surface area contributed by atoms with Crippen molar-refractivity contribution >= 4 is 17.8 Å². The molecule has 7 nitrogen and oxygen atoms in total. The molecule has 2 heterocycles. The van der Waals surface area contributed by atoms with Crippen LogP contribution in [0.4, 0.5) is 10.6 Å². The van der Waals surface area contributed by atoms with Gasteiger partial charge in [-0.15, -0.1) is 0 Å². The zero-order valence-corrected chi connectivity index (χ0v) is 12.0. The highest BCUT2D eigenvalue weighted by molar-refractivity contribution is 5.97. The molecule has 1 fully saturated rings. The Morgan fingerprint density at radius 3 is 2.81 bits per heavy atom. The molecule has 1 aromatic heterocycles. The van der Waals surface area contributed by atoms with E-state index in [0.717, 1.165) is 12.8 Å². The Hall–Kier alpha value is -2.31. The fourth-order valence-electron chi connectivity index (χ4n) is 2.33. The quantitative estimate of drug-likeness (QED) is 0.869. The smallest absolute Gasteiger partial charge is 0.409 e. The average Bonchev–Trinajstić information content (AvgIpc) is 2.48. The average molecular weight is 292 g/mol. The van der Waals surface area contributed by atoms with Gasteiger partial charge in [0.25, 0.3) is 5.91 Å². The Kier molecular flexibility index (Phi) is 4.97. The summed E-state index contributed by atoms with van der Waals surface area (Å²) in [6.07, 6.45) is 2.88. The second-order valence-electron chi connectivity index (χ2n) is 4.87. The van der Waals surface area contributed by atoms with Crippen molar-refractivity contribution in [3.05, 3.63) is 23.9 Å². The fourth-order valence-corrected chi connectivity index (χ4v) is 2.33. The van der Waals surface area contributed by atoms with Gasteiger partial charge in [-0.2, -0.15) is 0 Å². The second-order valence-corrected chi connectivity index (χ2v) is 4.87. The van der Waals surface area contributed by atoms with E-state index in [-0.39, 0.29) is 12.1 Å². The zero-order valence-electron chi connectivity index (χ0n) is 12.0. The van der Waals surface area contributed by atoms with Gasteiger partial charge in [-0.3, -0.25) is 4.79 Å². The molecular weight excluding hydrogens is 272 g/mol. The van der Waals surface area contributed by atoms with Gasteiger partial charge in [0.05, 0.1) is 12.2 Å². The van der Waals surface area contributed by atoms with Crippen molar-refractivity contribution in [3.63, 3.8) is 0 Å². The highest BCUT2D eigenvalue weighted by Crippen LogP contribution is 2.18. The van der Waals surface area contributed by atoms with Gasteiger partial charge < -0.3 is 20.7 Å². The zero-order chi connectivity index (χ0) is 15.2. The number of likely N-dealkylation sites (tertiary alicyclic amines) is 1. The lowest BCUT2D eigenvalue weighted by Gasteiger charge is -2.32. The Morgan fingerprint density at radius 2 is 2.19 bits per heavy atom. The third kappa shape index (κ3) is 3.84. The molecule has 1 aliphatic rings. The number of pyridine rings is 1. The lowest BCUT2D eigenvalue weighted by molar-refractivity contribution is 0.0982. The molecule has 21 heavy (non-hydrogen) atoms. The van der Waals surface area contributed by atoms with Gasteiger partial charge in [0, 0.05) is 25.3 Å². The molecule has 7 heteroatoms. The lowest BCUT2D eigenvalue weighted by atomic mass is 10.1. The number of nitrogens with one attached hydrogen (secondary N) is 1. The monoisotopic (exact) mass is 292 g/mol. The summed E-state index contributed by atoms with van der Waals surface area (Å²) in [5, 5.41) is 3.23. The molecule has 0 aromatic carbocycles. The van der Waals surface area contributed by atoms with Crippen LogP contribution in [0.1, 0.15) is 30.1 Å². The number of ether oxygens (including phenoxy) is 1. The lowest BCUT2D eigenvalue weighted by Crippen LogP contribution is -2.42. The van der Waals surface area contributed by atoms with Crippen LogP contribution in [0.3, 0.4) is 0 Å². The molecule has 2 rings (SSSR count). The number of aromatic nitrogens is 1. The van der Waals surface area contributed by atoms with Crippen molar-refractivity contribution in [1.82, 2.24) is 9.88 Å². The SMILES string of the molecule is CCOC(=O)N1CCC(Nc2ncccc2C(N)=O)CC1. The number of amides is 2. The number of primary amides is 1. The van der Waals surface area contributed by atoms with Gasteiger partial charge in [0.1, 0.15) is 5.82 Å². The second kappa shape index (κ2) is 6.92. The van der Waals surface area contributed by atoms with Crippen LogP contribution < -0.4 is 11.1 Å². The van der Waals surface area contributed by atoms with Gasteiger partial charge in [0.2, 0.25) is 0 Å². The van der Waals surface area contributed by atoms with Gasteiger partial charge in [-0.25, -0.2) is 9.78 Å². The van der Waals surface area contributed by atoms with E-state index >= 15 is 0 Å². The van der Waals surface area contributed by atoms with Crippen LogP contribution in [-0.2, 0) is 4.74 Å². The summed E-state index contributed by atoms with van der Waals surface area (Å²) in [7, 11) is 0. The van der Waals surface area contributed by atoms with Crippen molar-refractivity contribution in [1.29, 1.82) is 0 Å². The Bertz CT molecular complexity index is 513. The molecular formula is C14H20N4O3. The molecule has 0 saturated carbocycles. The summed E-state index contributed by atoms with van der Waals surface area (Å²) in [5.41, 5.74) is 5.71. The molecule has 0 radical (unpaired) electrons. The molecule has 0 aliphatic carbocycles. The maximum Gasteiger partial charge on any atom is 0.409 e. The van der Waals surface area contributed by atoms with Crippen LogP contribution in [0.25, 0.3) is 0 Å². The number of hydrogen-bond donors (Lipinski definition) is 2. The molecule has 0 spiro atoms. The number of anilines is 1. The van der Waals surface area contributed by atoms with Crippen molar-refractivity contribution in [3.8, 4) is 0 Å². The third-order valence-corrected chi connectivity index (χ3v) is 3.43. The van der Waals surface area contributed by atoms with Gasteiger partial charge >= 0.3 is 6.09 Å². The van der Waals surface area contributed by atoms with E-state index in [4.69, 9.17) is 10.5 Å². The van der Waals surface area contributed by atoms with Crippen LogP contribution in [-0.4, -0.2) is 47.6 Å². The highest BCUT2D eigenvalue weighted by atomic mass is 16.6. The largest absolute Gasteiger partial charge is 0.450 e. The predicted octanol–water partition coefficient (Wildman–Crippen LogP) is 1.21. The van der Waals surface area contributed by atoms with Crippen molar-refractivity contribution in [2.45, 2.75) is 25.8 Å². The predicted molar refractivity (Wildman–Crippen MR) is 78.0 cm³/mol. The summed E-state index contributed by atoms with van der Waals surface area (Å²) in [5.74, 6) is -0.00542. The standard InChI is InChI=1S/C14H20N4O3/c1-2-21-14(20)18-8-5-10(6-9-18)17-13-11(12(15)19)4-3-7-16-13/h3-4,7,10H,2,5-6,8-9H2,1H3,(H2,15,19)(H,16,17). The van der Waals surface area contributed by atoms with Crippen LogP contribution in [0.2, 0.25) is 0 Å². The van der Waals surface area contributed by atoms with Crippen molar-refractivity contribution in [2.75, 3.05) is 25.0 Å². The maximum atomic E-state index is 11.6. The molecule has 0 unspecified atom stereocenters. The normalized spacial score (nSPS) is 15.6. The van der Waals surface area contributed by atoms with Crippen LogP contribution in [0, 0.1) is 0 Å². The van der Waals surface area contributed by atoms with Gasteiger partial charge in [0.15, 0.2) is 0 Å². The number of carbonyl (C=O) groups excluding carboxylic acids is 2. The van der Waals surface area contributed by atoms with Crippen LogP contribution in [0.5, 0.6) is 0 Å². The number of carbonyl (C=O) groups is 2. The Balaban J connectivity index is 1.92. The summed E-state index contributed by atoms with van der Waals surface area (Å²) in [6, 6.07) is 3.48. The number of piperidine rings is 1. The number of hydrogen-bond acceptors (Lipinski definition) is 5. The number of rotatable bonds is 4. The Morgan fingerprint density at radius 1 is 1.48 bits per heavy atom. The van der Waals surface area contributed by atoms with Gasteiger partial charge in [-0.05, 0) is 31.9 Å². The first-order chi connectivity index (χ1) is 10.1. The maximum absolute atomic E-state index is 11.6. The highest BCUT2D eigenvalue weighted by Gasteiger charge is 2.24. The van der Waals surface area contributed by atoms with E-state index < -0.39 is 5.91 Å². The molecule has 1 aromatic rings. The fraction of sp³-hybridized carbons (Fsp3) is 0.500. The number of nitrogens with two attached hydrogens (primary N) is 1. The number of nitrogens with zero attached hydrogens (tertiary/aromatic N) is 2. The molecule has 3 N–H and O–H groups in total. The molecule has 114 valence electrons. The van der Waals surface area contributed by atoms with Crippen molar-refractivity contribution < 1.29 is 14.3 Å². The Labute approximate surface area is 123 Å². The summed E-state index contributed by atoms with van der Waals surface area (Å²) in [6.45, 7) is 3.41. The summed E-state index contributed by atoms with van der Waals surface area (Å²) < 4.78 is 4.98. The molecule has 2 amide bonds. The molecule has 1 aliphatic heterocycles. The van der Waals surface area contributed by atoms with Crippen molar-refractivity contribution in [2.24, 2.45) is 5.73 Å². The summed E-state index contributed by atoms with van der Waals surface area (Å²) in [4.78, 5) is 28.8.